The molecule has 0 amide bonds. The summed E-state index contributed by atoms with van der Waals surface area (Å²) in [5, 5.41) is 1.12. The first-order chi connectivity index (χ1) is 9.61. The second kappa shape index (κ2) is 5.18. The number of rotatable bonds is 2. The summed E-state index contributed by atoms with van der Waals surface area (Å²) in [6, 6.07) is 5.94. The molecule has 0 radical (unpaired) electrons. The number of benzene rings is 1. The van der Waals surface area contributed by atoms with Crippen LogP contribution in [0.15, 0.2) is 39.5 Å². The number of nitrogen functional groups attached to an aromatic ring is 1. The van der Waals surface area contributed by atoms with Crippen molar-refractivity contribution in [3.05, 3.63) is 39.5 Å². The van der Waals surface area contributed by atoms with Crippen molar-refractivity contribution < 1.29 is 0 Å². The molecule has 0 saturated heterocycles. The molecule has 102 valence electrons. The van der Waals surface area contributed by atoms with Crippen LogP contribution in [0.2, 0.25) is 0 Å². The van der Waals surface area contributed by atoms with E-state index >= 15 is 0 Å². The van der Waals surface area contributed by atoms with Crippen LogP contribution in [0.3, 0.4) is 0 Å². The Balaban J connectivity index is 2.40. The largest absolute Gasteiger partial charge is 0.368 e. The van der Waals surface area contributed by atoms with Crippen LogP contribution in [0.1, 0.15) is 6.92 Å². The van der Waals surface area contributed by atoms with Crippen LogP contribution in [0, 0.1) is 0 Å². The van der Waals surface area contributed by atoms with Crippen LogP contribution in [0.4, 0.5) is 5.95 Å². The van der Waals surface area contributed by atoms with E-state index in [-0.39, 0.29) is 5.95 Å². The molecule has 0 unspecified atom stereocenters. The zero-order valence-corrected chi connectivity index (χ0v) is 13.9. The summed E-state index contributed by atoms with van der Waals surface area (Å²) in [6.45, 7) is 3.00. The maximum atomic E-state index is 5.70. The summed E-state index contributed by atoms with van der Waals surface area (Å²) in [6.07, 6.45) is 3.78. The van der Waals surface area contributed by atoms with Gasteiger partial charge in [-0.15, -0.1) is 0 Å². The fraction of sp³-hybridized carbons (Fsp3) is 0.143. The van der Waals surface area contributed by atoms with Gasteiger partial charge in [0.25, 0.3) is 0 Å². The molecule has 0 aliphatic carbocycles. The predicted octanol–water partition coefficient (Wildman–Crippen LogP) is 4.23. The quantitative estimate of drug-likeness (QED) is 0.706. The van der Waals surface area contributed by atoms with Gasteiger partial charge in [0, 0.05) is 38.8 Å². The van der Waals surface area contributed by atoms with Crippen molar-refractivity contribution in [2.75, 3.05) is 5.73 Å². The lowest BCUT2D eigenvalue weighted by Crippen LogP contribution is -1.95. The Morgan fingerprint density at radius 2 is 1.95 bits per heavy atom. The molecule has 0 aliphatic heterocycles. The highest BCUT2D eigenvalue weighted by molar-refractivity contribution is 9.11. The number of fused-ring (bicyclic) bond motifs is 1. The summed E-state index contributed by atoms with van der Waals surface area (Å²) in [5.74, 6) is 0.283. The third kappa shape index (κ3) is 2.13. The van der Waals surface area contributed by atoms with Gasteiger partial charge in [-0.05, 0) is 41.1 Å². The lowest BCUT2D eigenvalue weighted by atomic mass is 10.1. The van der Waals surface area contributed by atoms with Gasteiger partial charge in [0.05, 0.1) is 11.2 Å². The fourth-order valence-corrected chi connectivity index (χ4v) is 3.42. The maximum absolute atomic E-state index is 5.70. The minimum atomic E-state index is 0.283. The lowest BCUT2D eigenvalue weighted by molar-refractivity contribution is 0.796. The van der Waals surface area contributed by atoms with Gasteiger partial charge in [-0.3, -0.25) is 0 Å². The average Bonchev–Trinajstić information content (AvgIpc) is 2.84. The Labute approximate surface area is 133 Å². The Morgan fingerprint density at radius 1 is 1.20 bits per heavy atom. The SMILES string of the molecule is CCn1cc(-c2ccnc(N)n2)c2c(Br)ccc(Br)c21. The zero-order valence-electron chi connectivity index (χ0n) is 10.8. The molecule has 3 rings (SSSR count). The first-order valence-electron chi connectivity index (χ1n) is 6.17. The van der Waals surface area contributed by atoms with Crippen molar-refractivity contribution in [1.29, 1.82) is 0 Å². The van der Waals surface area contributed by atoms with Gasteiger partial charge in [0.2, 0.25) is 5.95 Å². The molecular formula is C14H12Br2N4. The molecule has 4 nitrogen and oxygen atoms in total. The molecular weight excluding hydrogens is 384 g/mol. The number of hydrogen-bond donors (Lipinski definition) is 1. The molecule has 0 spiro atoms. The molecule has 0 atom stereocenters. The van der Waals surface area contributed by atoms with Gasteiger partial charge < -0.3 is 10.3 Å². The summed E-state index contributed by atoms with van der Waals surface area (Å²) in [5.41, 5.74) is 8.72. The molecule has 20 heavy (non-hydrogen) atoms. The van der Waals surface area contributed by atoms with E-state index in [9.17, 15) is 0 Å². The minimum absolute atomic E-state index is 0.283. The van der Waals surface area contributed by atoms with Crippen molar-refractivity contribution in [2.45, 2.75) is 13.5 Å². The lowest BCUT2D eigenvalue weighted by Gasteiger charge is -2.04. The molecule has 2 heterocycles. The van der Waals surface area contributed by atoms with Crippen LogP contribution in [0.25, 0.3) is 22.2 Å². The Hall–Kier alpha value is -1.40. The Morgan fingerprint density at radius 3 is 2.65 bits per heavy atom. The van der Waals surface area contributed by atoms with Crippen LogP contribution in [-0.4, -0.2) is 14.5 Å². The van der Waals surface area contributed by atoms with E-state index in [0.29, 0.717) is 0 Å². The molecule has 1 aromatic carbocycles. The molecule has 6 heteroatoms. The highest BCUT2D eigenvalue weighted by Crippen LogP contribution is 2.38. The number of hydrogen-bond acceptors (Lipinski definition) is 3. The first-order valence-corrected chi connectivity index (χ1v) is 7.76. The second-order valence-electron chi connectivity index (χ2n) is 4.38. The Bertz CT molecular complexity index is 795. The number of aromatic nitrogens is 3. The van der Waals surface area contributed by atoms with Gasteiger partial charge >= 0.3 is 0 Å². The molecule has 2 aromatic heterocycles. The second-order valence-corrected chi connectivity index (χ2v) is 6.09. The first kappa shape index (κ1) is 13.6. The molecule has 3 aromatic rings. The third-order valence-corrected chi connectivity index (χ3v) is 4.51. The van der Waals surface area contributed by atoms with Gasteiger partial charge in [-0.2, -0.15) is 0 Å². The van der Waals surface area contributed by atoms with Crippen LogP contribution in [-0.2, 0) is 6.54 Å². The topological polar surface area (TPSA) is 56.7 Å². The van der Waals surface area contributed by atoms with E-state index in [1.54, 1.807) is 6.20 Å². The number of nitrogens with zero attached hydrogens (tertiary/aromatic N) is 3. The van der Waals surface area contributed by atoms with Crippen LogP contribution >= 0.6 is 31.9 Å². The molecule has 0 bridgehead atoms. The number of nitrogens with two attached hydrogens (primary N) is 1. The number of halogens is 2. The fourth-order valence-electron chi connectivity index (χ4n) is 2.33. The number of anilines is 1. The smallest absolute Gasteiger partial charge is 0.220 e. The molecule has 2 N–H and O–H groups in total. The van der Waals surface area contributed by atoms with E-state index in [1.807, 2.05) is 18.2 Å². The minimum Gasteiger partial charge on any atom is -0.368 e. The summed E-state index contributed by atoms with van der Waals surface area (Å²) >= 11 is 7.26. The van der Waals surface area contributed by atoms with Gasteiger partial charge in [0.1, 0.15) is 0 Å². The van der Waals surface area contributed by atoms with Crippen molar-refractivity contribution in [3.63, 3.8) is 0 Å². The van der Waals surface area contributed by atoms with E-state index in [0.717, 1.165) is 37.7 Å². The van der Waals surface area contributed by atoms with Crippen molar-refractivity contribution in [3.8, 4) is 11.3 Å². The normalized spacial score (nSPS) is 11.2. The monoisotopic (exact) mass is 394 g/mol. The van der Waals surface area contributed by atoms with E-state index in [1.165, 1.54) is 0 Å². The van der Waals surface area contributed by atoms with Gasteiger partial charge in [0.15, 0.2) is 0 Å². The van der Waals surface area contributed by atoms with E-state index in [4.69, 9.17) is 5.73 Å². The van der Waals surface area contributed by atoms with Crippen LogP contribution in [0.5, 0.6) is 0 Å². The number of aryl methyl sites for hydroxylation is 1. The highest BCUT2D eigenvalue weighted by atomic mass is 79.9. The maximum Gasteiger partial charge on any atom is 0.220 e. The molecule has 0 saturated carbocycles. The van der Waals surface area contributed by atoms with Crippen LogP contribution < -0.4 is 5.73 Å². The molecule has 0 fully saturated rings. The third-order valence-electron chi connectivity index (χ3n) is 3.21. The van der Waals surface area contributed by atoms with E-state index < -0.39 is 0 Å². The summed E-state index contributed by atoms with van der Waals surface area (Å²) in [4.78, 5) is 8.28. The van der Waals surface area contributed by atoms with Crippen molar-refractivity contribution >= 4 is 48.7 Å². The standard InChI is InChI=1S/C14H12Br2N4/c1-2-20-7-8(11-5-6-18-14(17)19-11)12-9(15)3-4-10(16)13(12)20/h3-7H,2H2,1H3,(H2,17,18,19). The highest BCUT2D eigenvalue weighted by Gasteiger charge is 2.16. The van der Waals surface area contributed by atoms with Gasteiger partial charge in [-0.1, -0.05) is 15.9 Å². The molecule has 0 aliphatic rings. The summed E-state index contributed by atoms with van der Waals surface area (Å²) in [7, 11) is 0. The van der Waals surface area contributed by atoms with Gasteiger partial charge in [-0.25, -0.2) is 9.97 Å². The zero-order chi connectivity index (χ0) is 14.3. The van der Waals surface area contributed by atoms with Crippen molar-refractivity contribution in [1.82, 2.24) is 14.5 Å². The predicted molar refractivity (Wildman–Crippen MR) is 88.5 cm³/mol. The Kier molecular flexibility index (Phi) is 3.52. The van der Waals surface area contributed by atoms with E-state index in [2.05, 4.69) is 59.5 Å². The summed E-state index contributed by atoms with van der Waals surface area (Å²) < 4.78 is 4.29. The van der Waals surface area contributed by atoms with Crippen molar-refractivity contribution in [2.24, 2.45) is 0 Å². The average molecular weight is 396 g/mol.